The van der Waals surface area contributed by atoms with Crippen molar-refractivity contribution in [2.75, 3.05) is 18.4 Å². The lowest BCUT2D eigenvalue weighted by atomic mass is 10.1. The molecule has 0 radical (unpaired) electrons. The van der Waals surface area contributed by atoms with Crippen molar-refractivity contribution < 1.29 is 9.90 Å². The fraction of sp³-hybridized carbons (Fsp3) is 0.444. The summed E-state index contributed by atoms with van der Waals surface area (Å²) in [4.78, 5) is 18.9. The Labute approximate surface area is 146 Å². The smallest absolute Gasteiger partial charge is 0.254 e. The van der Waals surface area contributed by atoms with Gasteiger partial charge in [0, 0.05) is 29.7 Å². The fourth-order valence-electron chi connectivity index (χ4n) is 2.87. The van der Waals surface area contributed by atoms with Crippen LogP contribution in [-0.2, 0) is 13.0 Å². The maximum Gasteiger partial charge on any atom is 0.254 e. The molecular weight excluding hydrogens is 322 g/mol. The molecule has 128 valence electrons. The number of aromatic nitrogens is 1. The van der Waals surface area contributed by atoms with Gasteiger partial charge < -0.3 is 15.3 Å². The minimum Gasteiger partial charge on any atom is -0.391 e. The first-order valence-electron chi connectivity index (χ1n) is 8.40. The van der Waals surface area contributed by atoms with Crippen LogP contribution in [0.1, 0.15) is 40.8 Å². The summed E-state index contributed by atoms with van der Waals surface area (Å²) in [6, 6.07) is 7.53. The van der Waals surface area contributed by atoms with Gasteiger partial charge in [-0.3, -0.25) is 4.79 Å². The van der Waals surface area contributed by atoms with Crippen LogP contribution in [-0.4, -0.2) is 40.1 Å². The number of piperidine rings is 1. The van der Waals surface area contributed by atoms with Crippen molar-refractivity contribution in [2.24, 2.45) is 0 Å². The summed E-state index contributed by atoms with van der Waals surface area (Å²) in [6.07, 6.45) is 2.19. The van der Waals surface area contributed by atoms with Gasteiger partial charge in [-0.25, -0.2) is 4.98 Å². The van der Waals surface area contributed by atoms with Crippen LogP contribution in [0.2, 0.25) is 0 Å². The van der Waals surface area contributed by atoms with Gasteiger partial charge in [-0.15, -0.1) is 11.3 Å². The Balaban J connectivity index is 1.63. The lowest BCUT2D eigenvalue weighted by molar-refractivity contribution is 0.0474. The molecular formula is C18H23N3O2S. The van der Waals surface area contributed by atoms with Crippen LogP contribution in [0.5, 0.6) is 0 Å². The molecule has 2 aromatic rings. The number of aryl methyl sites for hydroxylation is 1. The number of carbonyl (C=O) groups excluding carboxylic acids is 1. The maximum atomic E-state index is 12.6. The molecule has 5 nitrogen and oxygen atoms in total. The van der Waals surface area contributed by atoms with Crippen molar-refractivity contribution in [1.29, 1.82) is 0 Å². The van der Waals surface area contributed by atoms with E-state index in [1.54, 1.807) is 16.2 Å². The highest BCUT2D eigenvalue weighted by atomic mass is 32.1. The number of nitrogens with zero attached hydrogens (tertiary/aromatic N) is 2. The van der Waals surface area contributed by atoms with E-state index in [0.717, 1.165) is 35.7 Å². The lowest BCUT2D eigenvalue weighted by Gasteiger charge is -2.30. The minimum atomic E-state index is -0.401. The van der Waals surface area contributed by atoms with Crippen molar-refractivity contribution in [2.45, 2.75) is 38.8 Å². The summed E-state index contributed by atoms with van der Waals surface area (Å²) in [7, 11) is 0. The van der Waals surface area contributed by atoms with E-state index < -0.39 is 6.10 Å². The molecule has 1 atom stereocenters. The number of nitrogens with one attached hydrogen (secondary N) is 1. The summed E-state index contributed by atoms with van der Waals surface area (Å²) in [5.74, 6) is -0.0145. The molecule has 1 aromatic carbocycles. The molecule has 0 aliphatic carbocycles. The molecule has 1 saturated heterocycles. The van der Waals surface area contributed by atoms with Gasteiger partial charge in [-0.2, -0.15) is 0 Å². The second kappa shape index (κ2) is 7.77. The monoisotopic (exact) mass is 345 g/mol. The number of benzene rings is 1. The van der Waals surface area contributed by atoms with E-state index in [4.69, 9.17) is 0 Å². The molecule has 6 heteroatoms. The Morgan fingerprint density at radius 3 is 3.12 bits per heavy atom. The number of anilines is 1. The van der Waals surface area contributed by atoms with Crippen molar-refractivity contribution in [3.05, 3.63) is 45.9 Å². The predicted octanol–water partition coefficient (Wildman–Crippen LogP) is 2.91. The molecule has 1 fully saturated rings. The molecule has 0 saturated carbocycles. The molecule has 0 spiro atoms. The van der Waals surface area contributed by atoms with Gasteiger partial charge in [0.2, 0.25) is 0 Å². The highest BCUT2D eigenvalue weighted by Crippen LogP contribution is 2.18. The molecule has 2 heterocycles. The highest BCUT2D eigenvalue weighted by molar-refractivity contribution is 7.09. The molecule has 24 heavy (non-hydrogen) atoms. The summed E-state index contributed by atoms with van der Waals surface area (Å²) in [6.45, 7) is 3.89. The zero-order valence-corrected chi connectivity index (χ0v) is 14.7. The van der Waals surface area contributed by atoms with E-state index in [0.29, 0.717) is 25.2 Å². The van der Waals surface area contributed by atoms with Crippen LogP contribution in [0, 0.1) is 0 Å². The molecule has 1 aliphatic rings. The lowest BCUT2D eigenvalue weighted by Crippen LogP contribution is -2.42. The van der Waals surface area contributed by atoms with Gasteiger partial charge in [-0.1, -0.05) is 13.0 Å². The zero-order chi connectivity index (χ0) is 16.9. The van der Waals surface area contributed by atoms with Gasteiger partial charge in [0.1, 0.15) is 0 Å². The van der Waals surface area contributed by atoms with Crippen LogP contribution in [0.15, 0.2) is 29.6 Å². The summed E-state index contributed by atoms with van der Waals surface area (Å²) in [5, 5.41) is 16.3. The largest absolute Gasteiger partial charge is 0.391 e. The van der Waals surface area contributed by atoms with Gasteiger partial charge >= 0.3 is 0 Å². The third-order valence-corrected chi connectivity index (χ3v) is 5.21. The Kier molecular flexibility index (Phi) is 5.48. The third kappa shape index (κ3) is 4.13. The van der Waals surface area contributed by atoms with Crippen LogP contribution >= 0.6 is 11.3 Å². The molecule has 0 bridgehead atoms. The second-order valence-electron chi connectivity index (χ2n) is 6.07. The van der Waals surface area contributed by atoms with E-state index in [2.05, 4.69) is 22.6 Å². The summed E-state index contributed by atoms with van der Waals surface area (Å²) in [5.41, 5.74) is 2.58. The van der Waals surface area contributed by atoms with Crippen molar-refractivity contribution in [3.63, 3.8) is 0 Å². The first-order valence-corrected chi connectivity index (χ1v) is 9.28. The van der Waals surface area contributed by atoms with Crippen molar-refractivity contribution in [1.82, 2.24) is 9.88 Å². The average molecular weight is 345 g/mol. The van der Waals surface area contributed by atoms with E-state index >= 15 is 0 Å². The number of thiazole rings is 1. The maximum absolute atomic E-state index is 12.6. The SMILES string of the molecule is CCc1nc(CNc2cccc(C(=O)N3CCCC(O)C3)c2)cs1. The number of aliphatic hydroxyl groups is 1. The van der Waals surface area contributed by atoms with Gasteiger partial charge in [0.15, 0.2) is 0 Å². The van der Waals surface area contributed by atoms with Crippen molar-refractivity contribution in [3.8, 4) is 0 Å². The Bertz CT molecular complexity index is 701. The van der Waals surface area contributed by atoms with E-state index in [1.807, 2.05) is 24.3 Å². The Morgan fingerprint density at radius 1 is 1.50 bits per heavy atom. The normalized spacial score (nSPS) is 17.8. The fourth-order valence-corrected chi connectivity index (χ4v) is 3.61. The number of likely N-dealkylation sites (tertiary alicyclic amines) is 1. The van der Waals surface area contributed by atoms with Crippen molar-refractivity contribution >= 4 is 22.9 Å². The highest BCUT2D eigenvalue weighted by Gasteiger charge is 2.23. The standard InChI is InChI=1S/C18H23N3O2S/c1-2-17-20-15(12-24-17)10-19-14-6-3-5-13(9-14)18(23)21-8-4-7-16(22)11-21/h3,5-6,9,12,16,19,22H,2,4,7-8,10-11H2,1H3. The van der Waals surface area contributed by atoms with E-state index in [1.165, 1.54) is 0 Å². The second-order valence-corrected chi connectivity index (χ2v) is 7.01. The van der Waals surface area contributed by atoms with Gasteiger partial charge in [-0.05, 0) is 37.5 Å². The first kappa shape index (κ1) is 16.9. The van der Waals surface area contributed by atoms with Crippen LogP contribution in [0.4, 0.5) is 5.69 Å². The summed E-state index contributed by atoms with van der Waals surface area (Å²) >= 11 is 1.68. The minimum absolute atomic E-state index is 0.0145. The number of carbonyl (C=O) groups is 1. The third-order valence-electron chi connectivity index (χ3n) is 4.17. The van der Waals surface area contributed by atoms with E-state index in [-0.39, 0.29) is 5.91 Å². The zero-order valence-electron chi connectivity index (χ0n) is 13.9. The summed E-state index contributed by atoms with van der Waals surface area (Å²) < 4.78 is 0. The number of hydrogen-bond acceptors (Lipinski definition) is 5. The van der Waals surface area contributed by atoms with Gasteiger partial charge in [0.25, 0.3) is 5.91 Å². The van der Waals surface area contributed by atoms with Crippen LogP contribution in [0.25, 0.3) is 0 Å². The first-order chi connectivity index (χ1) is 11.7. The van der Waals surface area contributed by atoms with E-state index in [9.17, 15) is 9.90 Å². The number of hydrogen-bond donors (Lipinski definition) is 2. The molecule has 1 aliphatic heterocycles. The quantitative estimate of drug-likeness (QED) is 0.874. The Morgan fingerprint density at radius 2 is 2.38 bits per heavy atom. The molecule has 1 aromatic heterocycles. The number of aliphatic hydroxyl groups excluding tert-OH is 1. The topological polar surface area (TPSA) is 65.5 Å². The predicted molar refractivity (Wildman–Crippen MR) is 96.4 cm³/mol. The number of amides is 1. The molecule has 1 unspecified atom stereocenters. The molecule has 2 N–H and O–H groups in total. The Hall–Kier alpha value is -1.92. The van der Waals surface area contributed by atoms with Crippen LogP contribution < -0.4 is 5.32 Å². The number of rotatable bonds is 5. The molecule has 3 rings (SSSR count). The molecule has 1 amide bonds. The van der Waals surface area contributed by atoms with Gasteiger partial charge in [0.05, 0.1) is 23.4 Å². The average Bonchev–Trinajstić information content (AvgIpc) is 3.08. The number of β-amino-alcohol motifs (C(OH)–C–C–N with tert-alkyl or cyclic N) is 1. The van der Waals surface area contributed by atoms with Crippen LogP contribution in [0.3, 0.4) is 0 Å².